The van der Waals surface area contributed by atoms with E-state index in [2.05, 4.69) is 0 Å². The van der Waals surface area contributed by atoms with E-state index in [-0.39, 0.29) is 12.2 Å². The molecule has 0 unspecified atom stereocenters. The number of benzene rings is 1. The fraction of sp³-hybridized carbons (Fsp3) is 0.231. The lowest BCUT2D eigenvalue weighted by Crippen LogP contribution is -2.10. The van der Waals surface area contributed by atoms with Gasteiger partial charge in [0.1, 0.15) is 0 Å². The molecule has 5 heteroatoms. The minimum Gasteiger partial charge on any atom is -0.388 e. The highest BCUT2D eigenvalue weighted by atomic mass is 32.2. The molecule has 1 aromatic heterocycles. The van der Waals surface area contributed by atoms with Crippen LogP contribution in [0, 0.1) is 0 Å². The molecule has 0 saturated heterocycles. The van der Waals surface area contributed by atoms with E-state index in [1.165, 1.54) is 11.3 Å². The number of hydrogen-bond acceptors (Lipinski definition) is 4. The van der Waals surface area contributed by atoms with Crippen LogP contribution in [0.5, 0.6) is 0 Å². The lowest BCUT2D eigenvalue weighted by atomic mass is 10.2. The Morgan fingerprint density at radius 3 is 2.44 bits per heavy atom. The van der Waals surface area contributed by atoms with Gasteiger partial charge in [-0.15, -0.1) is 11.3 Å². The molecular weight excluding hydrogens is 268 g/mol. The number of sulfone groups is 1. The van der Waals surface area contributed by atoms with Crippen molar-refractivity contribution in [3.63, 3.8) is 0 Å². The van der Waals surface area contributed by atoms with Gasteiger partial charge in [-0.05, 0) is 30.0 Å². The van der Waals surface area contributed by atoms with Crippen LogP contribution in [0.3, 0.4) is 0 Å². The number of aliphatic hydroxyl groups excluding tert-OH is 1. The van der Waals surface area contributed by atoms with E-state index in [0.29, 0.717) is 4.90 Å². The maximum Gasteiger partial charge on any atom is 0.178 e. The molecule has 0 aliphatic rings. The van der Waals surface area contributed by atoms with Gasteiger partial charge in [-0.25, -0.2) is 8.42 Å². The van der Waals surface area contributed by atoms with E-state index in [1.807, 2.05) is 17.5 Å². The molecule has 96 valence electrons. The van der Waals surface area contributed by atoms with Crippen LogP contribution in [0.1, 0.15) is 17.4 Å². The van der Waals surface area contributed by atoms with E-state index in [9.17, 15) is 13.5 Å². The molecule has 0 spiro atoms. The second-order valence-corrected chi connectivity index (χ2v) is 7.04. The third-order valence-corrected chi connectivity index (χ3v) is 5.37. The quantitative estimate of drug-likeness (QED) is 0.917. The number of hydrogen-bond donors (Lipinski definition) is 1. The van der Waals surface area contributed by atoms with Crippen LogP contribution < -0.4 is 0 Å². The molecule has 0 aliphatic carbocycles. The van der Waals surface area contributed by atoms with Gasteiger partial charge in [-0.3, -0.25) is 0 Å². The van der Waals surface area contributed by atoms with E-state index in [1.54, 1.807) is 30.3 Å². The Morgan fingerprint density at radius 2 is 1.83 bits per heavy atom. The van der Waals surface area contributed by atoms with Gasteiger partial charge in [0, 0.05) is 4.88 Å². The van der Waals surface area contributed by atoms with Crippen molar-refractivity contribution < 1.29 is 13.5 Å². The Labute approximate surface area is 111 Å². The van der Waals surface area contributed by atoms with Gasteiger partial charge in [0.25, 0.3) is 0 Å². The molecule has 2 rings (SSSR count). The Balaban J connectivity index is 2.02. The minimum atomic E-state index is -3.30. The SMILES string of the molecule is O=S(=O)(CC[C@@H](O)c1cccs1)c1ccccc1. The summed E-state index contributed by atoms with van der Waals surface area (Å²) in [4.78, 5) is 1.11. The van der Waals surface area contributed by atoms with Crippen LogP contribution in [0.4, 0.5) is 0 Å². The van der Waals surface area contributed by atoms with Gasteiger partial charge in [0.2, 0.25) is 0 Å². The molecule has 0 bridgehead atoms. The normalized spacial score (nSPS) is 13.4. The summed E-state index contributed by atoms with van der Waals surface area (Å²) in [6.45, 7) is 0. The molecular formula is C13H14O3S2. The monoisotopic (exact) mass is 282 g/mol. The lowest BCUT2D eigenvalue weighted by molar-refractivity contribution is 0.178. The summed E-state index contributed by atoms with van der Waals surface area (Å²) in [5.41, 5.74) is 0. The van der Waals surface area contributed by atoms with E-state index in [0.717, 1.165) is 4.88 Å². The molecule has 0 aliphatic heterocycles. The first kappa shape index (κ1) is 13.3. The molecule has 0 radical (unpaired) electrons. The van der Waals surface area contributed by atoms with Crippen molar-refractivity contribution in [3.05, 3.63) is 52.7 Å². The molecule has 1 atom stereocenters. The third kappa shape index (κ3) is 3.19. The van der Waals surface area contributed by atoms with Gasteiger partial charge in [0.05, 0.1) is 16.8 Å². The summed E-state index contributed by atoms with van der Waals surface area (Å²) in [5, 5.41) is 11.7. The lowest BCUT2D eigenvalue weighted by Gasteiger charge is -2.09. The highest BCUT2D eigenvalue weighted by molar-refractivity contribution is 7.91. The van der Waals surface area contributed by atoms with Crippen molar-refractivity contribution in [3.8, 4) is 0 Å². The fourth-order valence-corrected chi connectivity index (χ4v) is 3.72. The van der Waals surface area contributed by atoms with Gasteiger partial charge in [-0.1, -0.05) is 24.3 Å². The van der Waals surface area contributed by atoms with Crippen LogP contribution in [0.25, 0.3) is 0 Å². The van der Waals surface area contributed by atoms with Crippen LogP contribution >= 0.6 is 11.3 Å². The first-order valence-corrected chi connectivity index (χ1v) is 8.12. The third-order valence-electron chi connectivity index (χ3n) is 2.63. The molecule has 0 amide bonds. The topological polar surface area (TPSA) is 54.4 Å². The molecule has 18 heavy (non-hydrogen) atoms. The summed E-state index contributed by atoms with van der Waals surface area (Å²) < 4.78 is 24.0. The Morgan fingerprint density at radius 1 is 1.11 bits per heavy atom. The highest BCUT2D eigenvalue weighted by Gasteiger charge is 2.17. The molecule has 1 N–H and O–H groups in total. The van der Waals surface area contributed by atoms with Crippen LogP contribution in [-0.2, 0) is 9.84 Å². The Hall–Kier alpha value is -1.17. The zero-order valence-corrected chi connectivity index (χ0v) is 11.3. The van der Waals surface area contributed by atoms with E-state index >= 15 is 0 Å². The number of thiophene rings is 1. The Kier molecular flexibility index (Phi) is 4.16. The predicted molar refractivity (Wildman–Crippen MR) is 72.4 cm³/mol. The van der Waals surface area contributed by atoms with Crippen LogP contribution in [0.2, 0.25) is 0 Å². The molecule has 2 aromatic rings. The maximum absolute atomic E-state index is 12.0. The molecule has 1 heterocycles. The zero-order valence-electron chi connectivity index (χ0n) is 9.69. The molecule has 1 aromatic carbocycles. The van der Waals surface area contributed by atoms with Gasteiger partial charge in [0.15, 0.2) is 9.84 Å². The molecule has 0 saturated carbocycles. The van der Waals surface area contributed by atoms with Crippen LogP contribution in [-0.4, -0.2) is 19.3 Å². The second-order valence-electron chi connectivity index (χ2n) is 3.95. The number of rotatable bonds is 5. The van der Waals surface area contributed by atoms with Crippen molar-refractivity contribution in [2.24, 2.45) is 0 Å². The minimum absolute atomic E-state index is 0.0456. The van der Waals surface area contributed by atoms with Gasteiger partial charge in [-0.2, -0.15) is 0 Å². The first-order chi connectivity index (χ1) is 8.59. The fourth-order valence-electron chi connectivity index (χ4n) is 1.64. The Bertz CT molecular complexity index is 574. The summed E-state index contributed by atoms with van der Waals surface area (Å²) in [6.07, 6.45) is -0.485. The number of aliphatic hydroxyl groups is 1. The summed E-state index contributed by atoms with van der Waals surface area (Å²) >= 11 is 1.43. The maximum atomic E-state index is 12.0. The van der Waals surface area contributed by atoms with Crippen molar-refractivity contribution >= 4 is 21.2 Å². The predicted octanol–water partition coefficient (Wildman–Crippen LogP) is 2.65. The first-order valence-electron chi connectivity index (χ1n) is 5.59. The molecule has 3 nitrogen and oxygen atoms in total. The largest absolute Gasteiger partial charge is 0.388 e. The zero-order chi connectivity index (χ0) is 13.0. The van der Waals surface area contributed by atoms with E-state index < -0.39 is 15.9 Å². The molecule has 0 fully saturated rings. The van der Waals surface area contributed by atoms with Crippen LogP contribution in [0.15, 0.2) is 52.7 Å². The summed E-state index contributed by atoms with van der Waals surface area (Å²) in [7, 11) is -3.30. The van der Waals surface area contributed by atoms with Gasteiger partial charge >= 0.3 is 0 Å². The average molecular weight is 282 g/mol. The standard InChI is InChI=1S/C13H14O3S2/c14-12(13-7-4-9-17-13)8-10-18(15,16)11-5-2-1-3-6-11/h1-7,9,12,14H,8,10H2/t12-/m1/s1. The second kappa shape index (κ2) is 5.65. The average Bonchev–Trinajstić information content (AvgIpc) is 2.91. The summed E-state index contributed by atoms with van der Waals surface area (Å²) in [6, 6.07) is 12.0. The van der Waals surface area contributed by atoms with Gasteiger partial charge < -0.3 is 5.11 Å². The smallest absolute Gasteiger partial charge is 0.178 e. The highest BCUT2D eigenvalue weighted by Crippen LogP contribution is 2.23. The van der Waals surface area contributed by atoms with Crippen molar-refractivity contribution in [2.45, 2.75) is 17.4 Å². The van der Waals surface area contributed by atoms with E-state index in [4.69, 9.17) is 0 Å². The van der Waals surface area contributed by atoms with Crippen molar-refractivity contribution in [2.75, 3.05) is 5.75 Å². The van der Waals surface area contributed by atoms with Crippen molar-refractivity contribution in [1.82, 2.24) is 0 Å². The summed E-state index contributed by atoms with van der Waals surface area (Å²) in [5.74, 6) is -0.0456. The van der Waals surface area contributed by atoms with Crippen molar-refractivity contribution in [1.29, 1.82) is 0 Å².